The first-order valence-electron chi connectivity index (χ1n) is 9.37. The Labute approximate surface area is 158 Å². The molecule has 1 amide bonds. The fourth-order valence-electron chi connectivity index (χ4n) is 3.62. The van der Waals surface area contributed by atoms with Crippen LogP contribution in [0.3, 0.4) is 0 Å². The van der Waals surface area contributed by atoms with Crippen molar-refractivity contribution in [2.24, 2.45) is 7.05 Å². The van der Waals surface area contributed by atoms with Crippen LogP contribution in [0, 0.1) is 0 Å². The molecule has 2 fully saturated rings. The highest BCUT2D eigenvalue weighted by atomic mass is 16.6. The van der Waals surface area contributed by atoms with Crippen LogP contribution in [0.5, 0.6) is 0 Å². The molecule has 1 aromatic heterocycles. The summed E-state index contributed by atoms with van der Waals surface area (Å²) in [4.78, 5) is 21.5. The molecule has 4 rings (SSSR count). The number of carbonyl (C=O) groups excluding carboxylic acids is 1. The van der Waals surface area contributed by atoms with E-state index in [2.05, 4.69) is 9.47 Å². The Balaban J connectivity index is 1.52. The summed E-state index contributed by atoms with van der Waals surface area (Å²) in [6.45, 7) is 5.32. The molecule has 0 bridgehead atoms. The number of amides is 1. The van der Waals surface area contributed by atoms with Crippen LogP contribution in [0.2, 0.25) is 0 Å². The molecule has 0 unspecified atom stereocenters. The average Bonchev–Trinajstić information content (AvgIpc) is 3.05. The van der Waals surface area contributed by atoms with Gasteiger partial charge in [-0.3, -0.25) is 4.79 Å². The van der Waals surface area contributed by atoms with E-state index in [-0.39, 0.29) is 12.0 Å². The molecule has 2 saturated heterocycles. The summed E-state index contributed by atoms with van der Waals surface area (Å²) in [6.07, 6.45) is -0.0702. The highest BCUT2D eigenvalue weighted by Gasteiger charge is 2.22. The number of ether oxygens (including phenoxy) is 3. The van der Waals surface area contributed by atoms with E-state index >= 15 is 0 Å². The van der Waals surface area contributed by atoms with Gasteiger partial charge in [-0.1, -0.05) is 0 Å². The van der Waals surface area contributed by atoms with Gasteiger partial charge in [0.2, 0.25) is 5.95 Å². The van der Waals surface area contributed by atoms with Gasteiger partial charge >= 0.3 is 0 Å². The van der Waals surface area contributed by atoms with Crippen LogP contribution in [0.15, 0.2) is 18.2 Å². The van der Waals surface area contributed by atoms with Crippen molar-refractivity contribution in [1.82, 2.24) is 14.5 Å². The smallest absolute Gasteiger partial charge is 0.253 e. The topological polar surface area (TPSA) is 69.1 Å². The molecular weight excluding hydrogens is 348 g/mol. The lowest BCUT2D eigenvalue weighted by Crippen LogP contribution is -2.40. The SMILES string of the molecule is CN(C[C@H]1COCCO1)C(=O)c1ccc2c(c1)nc(N1CCOCC1)n2C. The van der Waals surface area contributed by atoms with Crippen molar-refractivity contribution >= 4 is 22.9 Å². The Morgan fingerprint density at radius 1 is 1.22 bits per heavy atom. The number of nitrogens with zero attached hydrogens (tertiary/aromatic N) is 4. The number of aryl methyl sites for hydroxylation is 1. The van der Waals surface area contributed by atoms with Crippen molar-refractivity contribution in [2.75, 3.05) is 64.6 Å². The molecule has 8 nitrogen and oxygen atoms in total. The van der Waals surface area contributed by atoms with Crippen LogP contribution in [0.25, 0.3) is 11.0 Å². The van der Waals surface area contributed by atoms with Crippen LogP contribution >= 0.6 is 0 Å². The van der Waals surface area contributed by atoms with E-state index in [9.17, 15) is 4.79 Å². The number of benzene rings is 1. The molecule has 2 aromatic rings. The van der Waals surface area contributed by atoms with Crippen LogP contribution in [-0.2, 0) is 21.3 Å². The first-order chi connectivity index (χ1) is 13.1. The number of morpholine rings is 1. The van der Waals surface area contributed by atoms with Gasteiger partial charge in [0.1, 0.15) is 0 Å². The molecular formula is C19H26N4O4. The summed E-state index contributed by atoms with van der Waals surface area (Å²) in [5.74, 6) is 0.878. The Kier molecular flexibility index (Phi) is 5.29. The summed E-state index contributed by atoms with van der Waals surface area (Å²) in [5.41, 5.74) is 2.48. The summed E-state index contributed by atoms with van der Waals surface area (Å²) in [6, 6.07) is 5.70. The van der Waals surface area contributed by atoms with Gasteiger partial charge in [-0.05, 0) is 18.2 Å². The van der Waals surface area contributed by atoms with Gasteiger partial charge in [0, 0.05) is 39.3 Å². The fraction of sp³-hybridized carbons (Fsp3) is 0.579. The number of rotatable bonds is 4. The van der Waals surface area contributed by atoms with Crippen molar-refractivity contribution in [1.29, 1.82) is 0 Å². The highest BCUT2D eigenvalue weighted by molar-refractivity contribution is 5.97. The quantitative estimate of drug-likeness (QED) is 0.792. The van der Waals surface area contributed by atoms with E-state index in [1.807, 2.05) is 25.2 Å². The van der Waals surface area contributed by atoms with Crippen LogP contribution in [0.1, 0.15) is 10.4 Å². The van der Waals surface area contributed by atoms with Crippen LogP contribution in [0.4, 0.5) is 5.95 Å². The van der Waals surface area contributed by atoms with Gasteiger partial charge in [0.25, 0.3) is 5.91 Å². The first-order valence-corrected chi connectivity index (χ1v) is 9.37. The molecule has 8 heteroatoms. The third-order valence-corrected chi connectivity index (χ3v) is 5.11. The molecule has 1 aromatic carbocycles. The largest absolute Gasteiger partial charge is 0.378 e. The van der Waals surface area contributed by atoms with Crippen molar-refractivity contribution in [3.63, 3.8) is 0 Å². The number of carbonyl (C=O) groups is 1. The minimum Gasteiger partial charge on any atom is -0.378 e. The van der Waals surface area contributed by atoms with E-state index in [4.69, 9.17) is 19.2 Å². The third-order valence-electron chi connectivity index (χ3n) is 5.11. The van der Waals surface area contributed by atoms with E-state index in [1.165, 1.54) is 0 Å². The van der Waals surface area contributed by atoms with Gasteiger partial charge in [-0.25, -0.2) is 4.98 Å². The number of fused-ring (bicyclic) bond motifs is 1. The lowest BCUT2D eigenvalue weighted by Gasteiger charge is -2.27. The fourth-order valence-corrected chi connectivity index (χ4v) is 3.62. The third kappa shape index (κ3) is 3.78. The van der Waals surface area contributed by atoms with Crippen molar-refractivity contribution in [3.05, 3.63) is 23.8 Å². The number of hydrogen-bond acceptors (Lipinski definition) is 6. The van der Waals surface area contributed by atoms with E-state index < -0.39 is 0 Å². The normalized spacial score (nSPS) is 20.8. The van der Waals surface area contributed by atoms with Gasteiger partial charge in [0.05, 0.1) is 50.2 Å². The van der Waals surface area contributed by atoms with Gasteiger partial charge in [0.15, 0.2) is 0 Å². The van der Waals surface area contributed by atoms with Gasteiger partial charge < -0.3 is 28.6 Å². The maximum absolute atomic E-state index is 12.8. The van der Waals surface area contributed by atoms with Crippen molar-refractivity contribution in [2.45, 2.75) is 6.10 Å². The lowest BCUT2D eigenvalue weighted by atomic mass is 10.1. The number of aromatic nitrogens is 2. The monoisotopic (exact) mass is 374 g/mol. The summed E-state index contributed by atoms with van der Waals surface area (Å²) >= 11 is 0. The zero-order valence-electron chi connectivity index (χ0n) is 15.9. The summed E-state index contributed by atoms with van der Waals surface area (Å²) in [7, 11) is 3.80. The zero-order valence-corrected chi connectivity index (χ0v) is 15.9. The number of anilines is 1. The zero-order chi connectivity index (χ0) is 18.8. The second kappa shape index (κ2) is 7.84. The molecule has 0 saturated carbocycles. The number of imidazole rings is 1. The van der Waals surface area contributed by atoms with E-state index in [0.717, 1.165) is 30.1 Å². The molecule has 27 heavy (non-hydrogen) atoms. The molecule has 0 aliphatic carbocycles. The Morgan fingerprint density at radius 2 is 2.04 bits per heavy atom. The van der Waals surface area contributed by atoms with Crippen molar-refractivity contribution < 1.29 is 19.0 Å². The standard InChI is InChI=1S/C19H26N4O4/c1-21(12-15-13-26-9-10-27-15)18(24)14-3-4-17-16(11-14)20-19(22(17)2)23-5-7-25-8-6-23/h3-4,11,15H,5-10,12-13H2,1-2H3/t15-/m0/s1. The molecule has 2 aliphatic heterocycles. The molecule has 3 heterocycles. The van der Waals surface area contributed by atoms with Crippen LogP contribution in [-0.4, -0.2) is 86.2 Å². The minimum absolute atomic E-state index is 0.0374. The second-order valence-electron chi connectivity index (χ2n) is 7.03. The minimum atomic E-state index is -0.0702. The van der Waals surface area contributed by atoms with E-state index in [1.54, 1.807) is 11.9 Å². The molecule has 0 spiro atoms. The molecule has 146 valence electrons. The number of likely N-dealkylation sites (N-methyl/N-ethyl adjacent to an activating group) is 1. The molecule has 2 aliphatic rings. The Morgan fingerprint density at radius 3 is 2.78 bits per heavy atom. The van der Waals surface area contributed by atoms with Crippen LogP contribution < -0.4 is 4.90 Å². The van der Waals surface area contributed by atoms with E-state index in [0.29, 0.717) is 45.1 Å². The van der Waals surface area contributed by atoms with Crippen molar-refractivity contribution in [3.8, 4) is 0 Å². The summed E-state index contributed by atoms with van der Waals surface area (Å²) in [5, 5.41) is 0. The summed E-state index contributed by atoms with van der Waals surface area (Å²) < 4.78 is 18.6. The maximum atomic E-state index is 12.8. The predicted octanol–water partition coefficient (Wildman–Crippen LogP) is 0.897. The predicted molar refractivity (Wildman–Crippen MR) is 101 cm³/mol. The second-order valence-corrected chi connectivity index (χ2v) is 7.03. The first kappa shape index (κ1) is 18.2. The molecule has 0 radical (unpaired) electrons. The average molecular weight is 374 g/mol. The van der Waals surface area contributed by atoms with Gasteiger partial charge in [-0.2, -0.15) is 0 Å². The van der Waals surface area contributed by atoms with Gasteiger partial charge in [-0.15, -0.1) is 0 Å². The lowest BCUT2D eigenvalue weighted by molar-refractivity contribution is -0.0933. The Bertz CT molecular complexity index is 809. The molecule has 1 atom stereocenters. The number of hydrogen-bond donors (Lipinski definition) is 0. The molecule has 0 N–H and O–H groups in total. The Hall–Kier alpha value is -2.16. The highest BCUT2D eigenvalue weighted by Crippen LogP contribution is 2.23. The maximum Gasteiger partial charge on any atom is 0.253 e.